The van der Waals surface area contributed by atoms with Crippen molar-refractivity contribution in [1.29, 1.82) is 0 Å². The standard InChI is InChI=1S/C25H31N3O7S2/c1-16-6-12-19(13-7-16)37(33,34)28-21(15-36-25(28,2)3)22(29)26-20(23(30)31)14-17-8-10-18(11-9-17)35-24(32)27(4)5/h6-13,20-21H,14-15H2,1-5H3,(H,26,29)(H,30,31)/t20-,21-/m0/s1. The quantitative estimate of drug-likeness (QED) is 0.514. The Bertz CT molecular complexity index is 1260. The van der Waals surface area contributed by atoms with Crippen LogP contribution in [0.3, 0.4) is 0 Å². The van der Waals surface area contributed by atoms with Gasteiger partial charge in [0.2, 0.25) is 15.9 Å². The average Bonchev–Trinajstić information content (AvgIpc) is 3.15. The fourth-order valence-electron chi connectivity index (χ4n) is 3.84. The van der Waals surface area contributed by atoms with Gasteiger partial charge in [0, 0.05) is 26.3 Å². The molecule has 200 valence electrons. The van der Waals surface area contributed by atoms with Crippen LogP contribution in [0.2, 0.25) is 0 Å². The summed E-state index contributed by atoms with van der Waals surface area (Å²) in [6.45, 7) is 5.28. The van der Waals surface area contributed by atoms with Gasteiger partial charge in [-0.25, -0.2) is 18.0 Å². The number of benzene rings is 2. The zero-order valence-electron chi connectivity index (χ0n) is 21.3. The molecule has 0 spiro atoms. The van der Waals surface area contributed by atoms with Crippen LogP contribution < -0.4 is 10.1 Å². The molecule has 2 N–H and O–H groups in total. The van der Waals surface area contributed by atoms with E-state index in [-0.39, 0.29) is 17.1 Å². The van der Waals surface area contributed by atoms with Crippen molar-refractivity contribution in [3.8, 4) is 5.75 Å². The van der Waals surface area contributed by atoms with Crippen molar-refractivity contribution in [3.63, 3.8) is 0 Å². The van der Waals surface area contributed by atoms with Crippen molar-refractivity contribution in [2.75, 3.05) is 19.8 Å². The molecule has 1 fully saturated rings. The number of nitrogens with zero attached hydrogens (tertiary/aromatic N) is 2. The smallest absolute Gasteiger partial charge is 0.414 e. The first kappa shape index (κ1) is 28.5. The predicted molar refractivity (Wildman–Crippen MR) is 140 cm³/mol. The molecule has 1 aliphatic rings. The lowest BCUT2D eigenvalue weighted by Crippen LogP contribution is -2.55. The Balaban J connectivity index is 1.77. The van der Waals surface area contributed by atoms with Gasteiger partial charge < -0.3 is 20.1 Å². The van der Waals surface area contributed by atoms with Crippen LogP contribution in [-0.2, 0) is 26.0 Å². The summed E-state index contributed by atoms with van der Waals surface area (Å²) in [5.41, 5.74) is 1.49. The zero-order valence-corrected chi connectivity index (χ0v) is 22.9. The molecule has 10 nitrogen and oxygen atoms in total. The number of hydrogen-bond donors (Lipinski definition) is 2. The van der Waals surface area contributed by atoms with Gasteiger partial charge in [-0.3, -0.25) is 4.79 Å². The van der Waals surface area contributed by atoms with Gasteiger partial charge in [-0.15, -0.1) is 11.8 Å². The van der Waals surface area contributed by atoms with Crippen LogP contribution >= 0.6 is 11.8 Å². The fourth-order valence-corrected chi connectivity index (χ4v) is 7.30. The molecule has 0 aliphatic carbocycles. The third-order valence-electron chi connectivity index (χ3n) is 5.84. The van der Waals surface area contributed by atoms with E-state index >= 15 is 0 Å². The van der Waals surface area contributed by atoms with Crippen LogP contribution in [0.5, 0.6) is 5.75 Å². The van der Waals surface area contributed by atoms with Gasteiger partial charge in [0.15, 0.2) is 0 Å². The molecule has 1 aliphatic heterocycles. The molecule has 0 aromatic heterocycles. The van der Waals surface area contributed by atoms with E-state index in [0.29, 0.717) is 11.3 Å². The fraction of sp³-hybridized carbons (Fsp3) is 0.400. The molecule has 2 aromatic rings. The number of nitrogens with one attached hydrogen (secondary N) is 1. The Labute approximate surface area is 221 Å². The molecule has 2 aromatic carbocycles. The highest BCUT2D eigenvalue weighted by atomic mass is 32.2. The Morgan fingerprint density at radius 2 is 1.73 bits per heavy atom. The number of sulfonamides is 1. The molecular formula is C25H31N3O7S2. The van der Waals surface area contributed by atoms with Crippen molar-refractivity contribution in [3.05, 3.63) is 59.7 Å². The van der Waals surface area contributed by atoms with E-state index in [1.165, 1.54) is 40.9 Å². The number of thioether (sulfide) groups is 1. The maximum Gasteiger partial charge on any atom is 0.414 e. The number of carbonyl (C=O) groups is 3. The Morgan fingerprint density at radius 3 is 2.27 bits per heavy atom. The highest BCUT2D eigenvalue weighted by molar-refractivity contribution is 8.02. The van der Waals surface area contributed by atoms with Crippen molar-refractivity contribution in [2.45, 2.75) is 49.0 Å². The first-order valence-corrected chi connectivity index (χ1v) is 13.9. The Morgan fingerprint density at radius 1 is 1.14 bits per heavy atom. The highest BCUT2D eigenvalue weighted by Crippen LogP contribution is 2.42. The number of carbonyl (C=O) groups excluding carboxylic acids is 2. The van der Waals surface area contributed by atoms with Crippen molar-refractivity contribution in [2.24, 2.45) is 0 Å². The minimum atomic E-state index is -4.03. The first-order chi connectivity index (χ1) is 17.2. The van der Waals surface area contributed by atoms with Crippen LogP contribution in [0.4, 0.5) is 4.79 Å². The molecule has 2 amide bonds. The van der Waals surface area contributed by atoms with Crippen LogP contribution in [0.1, 0.15) is 25.0 Å². The molecule has 0 bridgehead atoms. The maximum atomic E-state index is 13.5. The molecular weight excluding hydrogens is 518 g/mol. The zero-order chi connectivity index (χ0) is 27.5. The minimum Gasteiger partial charge on any atom is -0.480 e. The number of carboxylic acid groups (broad SMARTS) is 1. The van der Waals surface area contributed by atoms with E-state index in [4.69, 9.17) is 4.74 Å². The van der Waals surface area contributed by atoms with E-state index in [0.717, 1.165) is 9.87 Å². The summed E-state index contributed by atoms with van der Waals surface area (Å²) in [7, 11) is -0.935. The van der Waals surface area contributed by atoms with Gasteiger partial charge in [0.05, 0.1) is 9.77 Å². The molecule has 1 saturated heterocycles. The molecule has 0 unspecified atom stereocenters. The molecule has 12 heteroatoms. The SMILES string of the molecule is Cc1ccc(S(=O)(=O)N2[C@H](C(=O)N[C@@H](Cc3ccc(OC(=O)N(C)C)cc3)C(=O)O)CSC2(C)C)cc1. The third kappa shape index (κ3) is 6.62. The predicted octanol–water partition coefficient (Wildman–Crippen LogP) is 2.71. The van der Waals surface area contributed by atoms with Gasteiger partial charge in [0.25, 0.3) is 0 Å². The second kappa shape index (κ2) is 11.1. The van der Waals surface area contributed by atoms with E-state index in [2.05, 4.69) is 5.32 Å². The molecule has 0 saturated carbocycles. The van der Waals surface area contributed by atoms with Gasteiger partial charge >= 0.3 is 12.1 Å². The van der Waals surface area contributed by atoms with Crippen LogP contribution in [0, 0.1) is 6.92 Å². The second-order valence-corrected chi connectivity index (χ2v) is 12.8. The minimum absolute atomic E-state index is 0.0447. The molecule has 1 heterocycles. The molecule has 0 radical (unpaired) electrons. The molecule has 3 rings (SSSR count). The van der Waals surface area contributed by atoms with E-state index < -0.39 is 44.9 Å². The van der Waals surface area contributed by atoms with Gasteiger partial charge in [-0.2, -0.15) is 4.31 Å². The van der Waals surface area contributed by atoms with Crippen LogP contribution in [0.15, 0.2) is 53.4 Å². The topological polar surface area (TPSA) is 133 Å². The van der Waals surface area contributed by atoms with E-state index in [1.54, 1.807) is 52.2 Å². The van der Waals surface area contributed by atoms with Crippen LogP contribution in [0.25, 0.3) is 0 Å². The van der Waals surface area contributed by atoms with Crippen molar-refractivity contribution < 1.29 is 32.6 Å². The summed E-state index contributed by atoms with van der Waals surface area (Å²) >= 11 is 1.31. The number of aryl methyl sites for hydroxylation is 1. The summed E-state index contributed by atoms with van der Waals surface area (Å²) < 4.78 is 33.4. The lowest BCUT2D eigenvalue weighted by Gasteiger charge is -2.33. The number of ether oxygens (including phenoxy) is 1. The summed E-state index contributed by atoms with van der Waals surface area (Å²) in [4.78, 5) is 37.4. The number of amides is 2. The van der Waals surface area contributed by atoms with Crippen LogP contribution in [-0.4, -0.2) is 77.5 Å². The van der Waals surface area contributed by atoms with Gasteiger partial charge in [0.1, 0.15) is 17.8 Å². The van der Waals surface area contributed by atoms with E-state index in [9.17, 15) is 27.9 Å². The lowest BCUT2D eigenvalue weighted by molar-refractivity contribution is -0.142. The Hall–Kier alpha value is -3.09. The summed E-state index contributed by atoms with van der Waals surface area (Å²) in [6.07, 6.45) is -0.595. The monoisotopic (exact) mass is 549 g/mol. The summed E-state index contributed by atoms with van der Waals surface area (Å²) in [5.74, 6) is -1.46. The summed E-state index contributed by atoms with van der Waals surface area (Å²) in [5, 5.41) is 12.3. The van der Waals surface area contributed by atoms with Crippen molar-refractivity contribution in [1.82, 2.24) is 14.5 Å². The van der Waals surface area contributed by atoms with Gasteiger partial charge in [-0.1, -0.05) is 29.8 Å². The van der Waals surface area contributed by atoms with Gasteiger partial charge in [-0.05, 0) is 50.6 Å². The number of aliphatic carboxylic acids is 1. The second-order valence-electron chi connectivity index (χ2n) is 9.40. The van der Waals surface area contributed by atoms with E-state index in [1.807, 2.05) is 6.92 Å². The maximum absolute atomic E-state index is 13.5. The first-order valence-electron chi connectivity index (χ1n) is 11.5. The molecule has 37 heavy (non-hydrogen) atoms. The molecule has 2 atom stereocenters. The highest BCUT2D eigenvalue weighted by Gasteiger charge is 2.51. The van der Waals surface area contributed by atoms with Crippen molar-refractivity contribution >= 4 is 39.8 Å². The third-order valence-corrected chi connectivity index (χ3v) is 9.43. The number of rotatable bonds is 8. The average molecular weight is 550 g/mol. The normalized spacial score (nSPS) is 18.1. The lowest BCUT2D eigenvalue weighted by atomic mass is 10.1. The number of carboxylic acids is 1. The Kier molecular flexibility index (Phi) is 8.56. The largest absolute Gasteiger partial charge is 0.480 e. The summed E-state index contributed by atoms with van der Waals surface area (Å²) in [6, 6.07) is 10.3. The number of hydrogen-bond acceptors (Lipinski definition) is 7.